The average Bonchev–Trinajstić information content (AvgIpc) is 2.95. The van der Waals surface area contributed by atoms with E-state index in [0.29, 0.717) is 6.54 Å². The first-order valence-electron chi connectivity index (χ1n) is 10.4. The Labute approximate surface area is 178 Å². The second kappa shape index (κ2) is 8.28. The van der Waals surface area contributed by atoms with Gasteiger partial charge in [-0.15, -0.1) is 11.3 Å². The van der Waals surface area contributed by atoms with Crippen molar-refractivity contribution in [2.24, 2.45) is 0 Å². The van der Waals surface area contributed by atoms with Gasteiger partial charge in [0, 0.05) is 36.5 Å². The van der Waals surface area contributed by atoms with Crippen molar-refractivity contribution in [2.75, 3.05) is 19.6 Å². The highest BCUT2D eigenvalue weighted by atomic mass is 32.1. The van der Waals surface area contributed by atoms with Crippen molar-refractivity contribution in [3.63, 3.8) is 0 Å². The van der Waals surface area contributed by atoms with Crippen LogP contribution < -0.4 is 5.32 Å². The molecule has 3 heterocycles. The van der Waals surface area contributed by atoms with Crippen molar-refractivity contribution in [3.05, 3.63) is 22.0 Å². The number of nitrogens with zero attached hydrogens (tertiary/aromatic N) is 3. The first-order valence-corrected chi connectivity index (χ1v) is 11.2. The molecule has 1 saturated heterocycles. The minimum atomic E-state index is -0.124. The molecule has 0 aromatic carbocycles. The van der Waals surface area contributed by atoms with Gasteiger partial charge in [0.05, 0.1) is 22.8 Å². The van der Waals surface area contributed by atoms with Crippen LogP contribution in [0.5, 0.6) is 0 Å². The van der Waals surface area contributed by atoms with E-state index in [0.717, 1.165) is 45.3 Å². The number of carbonyl (C=O) groups excluding carboxylic acids is 1. The van der Waals surface area contributed by atoms with E-state index in [1.165, 1.54) is 11.3 Å². The van der Waals surface area contributed by atoms with E-state index in [2.05, 4.69) is 51.8 Å². The first-order chi connectivity index (χ1) is 13.5. The minimum absolute atomic E-state index is 0.0246. The first kappa shape index (κ1) is 22.1. The van der Waals surface area contributed by atoms with E-state index in [9.17, 15) is 4.79 Å². The summed E-state index contributed by atoms with van der Waals surface area (Å²) in [7, 11) is 0. The molecule has 3 unspecified atom stereocenters. The maximum absolute atomic E-state index is 13.0. The highest BCUT2D eigenvalue weighted by Gasteiger charge is 2.27. The van der Waals surface area contributed by atoms with Crippen molar-refractivity contribution >= 4 is 27.5 Å². The molecule has 1 aliphatic heterocycles. The smallest absolute Gasteiger partial charge is 0.261 e. The Kier molecular flexibility index (Phi) is 6.32. The number of ether oxygens (including phenoxy) is 1. The number of carbonyl (C=O) groups is 1. The second-order valence-corrected chi connectivity index (χ2v) is 10.4. The fraction of sp³-hybridized carbons (Fsp3) is 0.682. The van der Waals surface area contributed by atoms with Gasteiger partial charge >= 0.3 is 0 Å². The van der Waals surface area contributed by atoms with E-state index >= 15 is 0 Å². The lowest BCUT2D eigenvalue weighted by Crippen LogP contribution is -2.52. The number of rotatable bonds is 4. The van der Waals surface area contributed by atoms with Crippen molar-refractivity contribution < 1.29 is 9.53 Å². The van der Waals surface area contributed by atoms with Crippen LogP contribution in [0.4, 0.5) is 0 Å². The van der Waals surface area contributed by atoms with Gasteiger partial charge < -0.3 is 10.1 Å². The van der Waals surface area contributed by atoms with Gasteiger partial charge in [-0.2, -0.15) is 0 Å². The number of thiophene rings is 1. The maximum Gasteiger partial charge on any atom is 0.261 e. The van der Waals surface area contributed by atoms with Crippen LogP contribution in [0, 0.1) is 13.8 Å². The molecule has 2 aromatic rings. The average molecular weight is 419 g/mol. The highest BCUT2D eigenvalue weighted by Crippen LogP contribution is 2.33. The van der Waals surface area contributed by atoms with Crippen LogP contribution in [0.1, 0.15) is 68.3 Å². The quantitative estimate of drug-likeness (QED) is 0.817. The lowest BCUT2D eigenvalue weighted by atomic mass is 9.95. The molecule has 160 valence electrons. The van der Waals surface area contributed by atoms with E-state index < -0.39 is 0 Å². The summed E-state index contributed by atoms with van der Waals surface area (Å²) in [6, 6.07) is 0.261. The molecule has 29 heavy (non-hydrogen) atoms. The van der Waals surface area contributed by atoms with Crippen molar-refractivity contribution in [2.45, 2.75) is 79.1 Å². The molecule has 7 heteroatoms. The zero-order chi connectivity index (χ0) is 21.5. The molecule has 2 aromatic heterocycles. The molecule has 1 N–H and O–H groups in total. The summed E-state index contributed by atoms with van der Waals surface area (Å²) in [6.07, 6.45) is 0.445. The Bertz CT molecular complexity index is 892. The zero-order valence-electron chi connectivity index (χ0n) is 18.9. The molecule has 3 atom stereocenters. The Morgan fingerprint density at radius 3 is 2.45 bits per heavy atom. The van der Waals surface area contributed by atoms with Crippen molar-refractivity contribution in [3.8, 4) is 0 Å². The van der Waals surface area contributed by atoms with Gasteiger partial charge in [-0.3, -0.25) is 9.69 Å². The van der Waals surface area contributed by atoms with Gasteiger partial charge in [0.15, 0.2) is 0 Å². The van der Waals surface area contributed by atoms with Gasteiger partial charge in [0.2, 0.25) is 0 Å². The van der Waals surface area contributed by atoms with Crippen molar-refractivity contribution in [1.29, 1.82) is 0 Å². The molecule has 0 radical (unpaired) electrons. The third-order valence-corrected chi connectivity index (χ3v) is 6.66. The summed E-state index contributed by atoms with van der Waals surface area (Å²) < 4.78 is 5.82. The largest absolute Gasteiger partial charge is 0.373 e. The summed E-state index contributed by atoms with van der Waals surface area (Å²) in [6.45, 7) is 19.1. The summed E-state index contributed by atoms with van der Waals surface area (Å²) >= 11 is 1.47. The molecule has 1 aliphatic rings. The normalized spacial score (nSPS) is 22.1. The molecule has 3 rings (SSSR count). The van der Waals surface area contributed by atoms with Gasteiger partial charge in [-0.25, -0.2) is 9.97 Å². The van der Waals surface area contributed by atoms with Crippen molar-refractivity contribution in [1.82, 2.24) is 20.2 Å². The third-order valence-electron chi connectivity index (χ3n) is 5.48. The summed E-state index contributed by atoms with van der Waals surface area (Å²) in [5, 5.41) is 4.14. The minimum Gasteiger partial charge on any atom is -0.373 e. The summed E-state index contributed by atoms with van der Waals surface area (Å²) in [5.74, 6) is 0.795. The van der Waals surface area contributed by atoms with E-state index in [1.807, 2.05) is 13.8 Å². The fourth-order valence-electron chi connectivity index (χ4n) is 3.92. The van der Waals surface area contributed by atoms with E-state index in [-0.39, 0.29) is 29.6 Å². The zero-order valence-corrected chi connectivity index (χ0v) is 19.7. The summed E-state index contributed by atoms with van der Waals surface area (Å²) in [4.78, 5) is 26.4. The van der Waals surface area contributed by atoms with Gasteiger partial charge in [0.1, 0.15) is 10.7 Å². The monoisotopic (exact) mass is 418 g/mol. The number of hydrogen-bond acceptors (Lipinski definition) is 6. The lowest BCUT2D eigenvalue weighted by molar-refractivity contribution is -0.0778. The predicted molar refractivity (Wildman–Crippen MR) is 119 cm³/mol. The predicted octanol–water partition coefficient (Wildman–Crippen LogP) is 3.83. The number of morpholine rings is 1. The third kappa shape index (κ3) is 4.78. The van der Waals surface area contributed by atoms with Gasteiger partial charge in [-0.1, -0.05) is 20.8 Å². The maximum atomic E-state index is 13.0. The number of aryl methyl sites for hydroxylation is 2. The van der Waals surface area contributed by atoms with Crippen LogP contribution in [0.15, 0.2) is 0 Å². The fourth-order valence-corrected chi connectivity index (χ4v) is 5.07. The molecular weight excluding hydrogens is 384 g/mol. The highest BCUT2D eigenvalue weighted by molar-refractivity contribution is 7.20. The van der Waals surface area contributed by atoms with Crippen LogP contribution in [0.2, 0.25) is 0 Å². The molecular formula is C22H34N4O2S. The number of aromatic nitrogens is 2. The Hall–Kier alpha value is -1.57. The molecule has 0 aliphatic carbocycles. The Morgan fingerprint density at radius 2 is 1.86 bits per heavy atom. The van der Waals surface area contributed by atoms with Crippen LogP contribution >= 0.6 is 11.3 Å². The molecule has 0 saturated carbocycles. The molecule has 0 spiro atoms. The van der Waals surface area contributed by atoms with Gasteiger partial charge in [0.25, 0.3) is 5.91 Å². The Morgan fingerprint density at radius 1 is 1.24 bits per heavy atom. The number of fused-ring (bicyclic) bond motifs is 1. The molecule has 1 fully saturated rings. The van der Waals surface area contributed by atoms with E-state index in [4.69, 9.17) is 14.7 Å². The second-order valence-electron chi connectivity index (χ2n) is 9.39. The van der Waals surface area contributed by atoms with Crippen LogP contribution in [-0.2, 0) is 10.2 Å². The van der Waals surface area contributed by atoms with Crippen LogP contribution in [-0.4, -0.2) is 58.7 Å². The van der Waals surface area contributed by atoms with Crippen LogP contribution in [0.25, 0.3) is 10.2 Å². The van der Waals surface area contributed by atoms with E-state index in [1.54, 1.807) is 0 Å². The molecule has 6 nitrogen and oxygen atoms in total. The number of hydrogen-bond donors (Lipinski definition) is 1. The molecule has 1 amide bonds. The summed E-state index contributed by atoms with van der Waals surface area (Å²) in [5.41, 5.74) is 1.79. The lowest BCUT2D eigenvalue weighted by Gasteiger charge is -2.38. The molecule has 0 bridgehead atoms. The number of amides is 1. The topological polar surface area (TPSA) is 67.4 Å². The standard InChI is InChI=1S/C22H34N4O2S/c1-12(26-10-13(2)28-14(3)11-26)9-23-19(27)18-15(4)17-16(5)24-21(22(6,7)8)25-20(17)29-18/h12-14H,9-11H2,1-8H3,(H,23,27). The number of nitrogens with one attached hydrogen (secondary N) is 1. The Balaban J connectivity index is 1.75. The van der Waals surface area contributed by atoms with Gasteiger partial charge in [-0.05, 0) is 40.2 Å². The van der Waals surface area contributed by atoms with Crippen LogP contribution in [0.3, 0.4) is 0 Å². The SMILES string of the molecule is Cc1nc(C(C)(C)C)nc2sc(C(=O)NCC(C)N3CC(C)OC(C)C3)c(C)c12.